The third-order valence-corrected chi connectivity index (χ3v) is 6.01. The van der Waals surface area contributed by atoms with E-state index in [-0.39, 0.29) is 22.9 Å². The Balaban J connectivity index is 1.74. The van der Waals surface area contributed by atoms with E-state index in [0.717, 1.165) is 5.56 Å². The Morgan fingerprint density at radius 2 is 1.84 bits per heavy atom. The maximum atomic E-state index is 14.2. The van der Waals surface area contributed by atoms with Crippen LogP contribution in [0.25, 0.3) is 27.7 Å². The first-order chi connectivity index (χ1) is 18.4. The lowest BCUT2D eigenvalue weighted by Gasteiger charge is -2.21. The van der Waals surface area contributed by atoms with E-state index in [1.54, 1.807) is 32.5 Å². The lowest BCUT2D eigenvalue weighted by atomic mass is 10.0. The quantitative estimate of drug-likeness (QED) is 0.300. The summed E-state index contributed by atoms with van der Waals surface area (Å²) < 4.78 is 6.87. The number of nitrogens with one attached hydrogen (secondary N) is 1. The van der Waals surface area contributed by atoms with Gasteiger partial charge < -0.3 is 21.5 Å². The molecular weight excluding hydrogens is 484 g/mol. The SMILES string of the molecule is COc1cncc(-c2cccc3nc([C@H](C)Nc4nc(N)ncc4C(N)=O)n(-c4ccccc4)c(=O)c23)c1. The minimum Gasteiger partial charge on any atom is -0.495 e. The number of benzene rings is 2. The van der Waals surface area contributed by atoms with Gasteiger partial charge in [0.05, 0.1) is 41.5 Å². The molecule has 5 rings (SSSR count). The fourth-order valence-corrected chi connectivity index (χ4v) is 4.24. The predicted octanol–water partition coefficient (Wildman–Crippen LogP) is 3.10. The highest BCUT2D eigenvalue weighted by Crippen LogP contribution is 2.30. The van der Waals surface area contributed by atoms with Gasteiger partial charge >= 0.3 is 0 Å². The number of fused-ring (bicyclic) bond motifs is 1. The smallest absolute Gasteiger partial charge is 0.266 e. The van der Waals surface area contributed by atoms with E-state index in [4.69, 9.17) is 21.2 Å². The van der Waals surface area contributed by atoms with Crippen molar-refractivity contribution in [1.82, 2.24) is 24.5 Å². The first-order valence-corrected chi connectivity index (χ1v) is 11.7. The van der Waals surface area contributed by atoms with Crippen LogP contribution in [0.3, 0.4) is 0 Å². The van der Waals surface area contributed by atoms with E-state index in [0.29, 0.717) is 33.7 Å². The second-order valence-electron chi connectivity index (χ2n) is 8.48. The van der Waals surface area contributed by atoms with Crippen LogP contribution in [0.4, 0.5) is 11.8 Å². The number of nitrogens with zero attached hydrogens (tertiary/aromatic N) is 5. The van der Waals surface area contributed by atoms with Crippen molar-refractivity contribution in [1.29, 1.82) is 0 Å². The molecule has 3 heterocycles. The van der Waals surface area contributed by atoms with Crippen molar-refractivity contribution in [3.63, 3.8) is 0 Å². The Hall–Kier alpha value is -5.32. The number of ether oxygens (including phenoxy) is 1. The molecule has 1 amide bonds. The molecule has 0 radical (unpaired) electrons. The number of aromatic nitrogens is 5. The van der Waals surface area contributed by atoms with Crippen molar-refractivity contribution in [2.45, 2.75) is 13.0 Å². The van der Waals surface area contributed by atoms with Gasteiger partial charge in [0.15, 0.2) is 0 Å². The number of para-hydroxylation sites is 1. The van der Waals surface area contributed by atoms with Gasteiger partial charge in [-0.1, -0.05) is 30.3 Å². The number of hydrogen-bond donors (Lipinski definition) is 3. The molecule has 0 aliphatic heterocycles. The molecule has 0 aliphatic carbocycles. The first kappa shape index (κ1) is 24.4. The topological polar surface area (TPSA) is 164 Å². The molecule has 11 heteroatoms. The predicted molar refractivity (Wildman–Crippen MR) is 144 cm³/mol. The van der Waals surface area contributed by atoms with Gasteiger partial charge in [-0.05, 0) is 36.8 Å². The number of carbonyl (C=O) groups is 1. The Labute approximate surface area is 217 Å². The highest BCUT2D eigenvalue weighted by molar-refractivity contribution is 5.97. The van der Waals surface area contributed by atoms with Crippen LogP contribution >= 0.6 is 0 Å². The van der Waals surface area contributed by atoms with Crippen molar-refractivity contribution in [3.8, 4) is 22.6 Å². The van der Waals surface area contributed by atoms with E-state index in [1.807, 2.05) is 48.5 Å². The molecule has 0 bridgehead atoms. The molecule has 5 aromatic rings. The van der Waals surface area contributed by atoms with Gasteiger partial charge in [-0.25, -0.2) is 9.97 Å². The number of anilines is 2. The van der Waals surface area contributed by atoms with E-state index < -0.39 is 11.9 Å². The van der Waals surface area contributed by atoms with Crippen LogP contribution in [-0.4, -0.2) is 37.5 Å². The molecule has 3 aromatic heterocycles. The number of amides is 1. The summed E-state index contributed by atoms with van der Waals surface area (Å²) in [5.74, 6) is 0.348. The van der Waals surface area contributed by atoms with Crippen LogP contribution in [0.15, 0.2) is 78.0 Å². The van der Waals surface area contributed by atoms with Crippen molar-refractivity contribution in [2.24, 2.45) is 5.73 Å². The summed E-state index contributed by atoms with van der Waals surface area (Å²) in [5, 5.41) is 3.55. The molecule has 11 nitrogen and oxygen atoms in total. The lowest BCUT2D eigenvalue weighted by Crippen LogP contribution is -2.28. The maximum absolute atomic E-state index is 14.2. The standard InChI is InChI=1S/C27H24N8O3/c1-15(32-24-20(23(28)36)14-31-27(29)34-24)25-33-21-10-6-9-19(16-11-18(38-2)13-30-12-16)22(21)26(37)35(25)17-7-4-3-5-8-17/h3-15H,1-2H3,(H2,28,36)(H3,29,31,32,34)/t15-/m0/s1. The zero-order valence-corrected chi connectivity index (χ0v) is 20.6. The maximum Gasteiger partial charge on any atom is 0.266 e. The third kappa shape index (κ3) is 4.48. The van der Waals surface area contributed by atoms with Gasteiger partial charge in [0.1, 0.15) is 17.4 Å². The van der Waals surface area contributed by atoms with Gasteiger partial charge in [0.2, 0.25) is 5.95 Å². The summed E-state index contributed by atoms with van der Waals surface area (Å²) in [4.78, 5) is 43.3. The minimum atomic E-state index is -0.719. The molecule has 38 heavy (non-hydrogen) atoms. The molecule has 5 N–H and O–H groups in total. The summed E-state index contributed by atoms with van der Waals surface area (Å²) in [6.07, 6.45) is 4.53. The fourth-order valence-electron chi connectivity index (χ4n) is 4.24. The molecule has 2 aromatic carbocycles. The largest absolute Gasteiger partial charge is 0.495 e. The number of nitrogen functional groups attached to an aromatic ring is 1. The van der Waals surface area contributed by atoms with E-state index >= 15 is 0 Å². The third-order valence-electron chi connectivity index (χ3n) is 6.01. The van der Waals surface area contributed by atoms with Gasteiger partial charge in [0, 0.05) is 18.0 Å². The van der Waals surface area contributed by atoms with Gasteiger partial charge in [-0.15, -0.1) is 0 Å². The highest BCUT2D eigenvalue weighted by atomic mass is 16.5. The Bertz CT molecular complexity index is 1720. The van der Waals surface area contributed by atoms with Crippen molar-refractivity contribution >= 4 is 28.6 Å². The van der Waals surface area contributed by atoms with Crippen molar-refractivity contribution in [2.75, 3.05) is 18.2 Å². The first-order valence-electron chi connectivity index (χ1n) is 11.7. The highest BCUT2D eigenvalue weighted by Gasteiger charge is 2.22. The number of pyridine rings is 1. The minimum absolute atomic E-state index is 0.0341. The van der Waals surface area contributed by atoms with E-state index in [1.165, 1.54) is 10.8 Å². The van der Waals surface area contributed by atoms with Crippen LogP contribution in [0.5, 0.6) is 5.75 Å². The van der Waals surface area contributed by atoms with Crippen molar-refractivity contribution in [3.05, 3.63) is 94.9 Å². The summed E-state index contributed by atoms with van der Waals surface area (Å²) in [5.41, 5.74) is 13.5. The summed E-state index contributed by atoms with van der Waals surface area (Å²) >= 11 is 0. The second kappa shape index (κ2) is 9.97. The Morgan fingerprint density at radius 1 is 1.05 bits per heavy atom. The number of hydrogen-bond acceptors (Lipinski definition) is 9. The average Bonchev–Trinajstić information content (AvgIpc) is 2.93. The van der Waals surface area contributed by atoms with Crippen LogP contribution < -0.4 is 27.1 Å². The molecule has 1 atom stereocenters. The Kier molecular flexibility index (Phi) is 6.40. The molecule has 0 saturated heterocycles. The van der Waals surface area contributed by atoms with Crippen molar-refractivity contribution < 1.29 is 9.53 Å². The number of methoxy groups -OCH3 is 1. The molecule has 190 valence electrons. The van der Waals surface area contributed by atoms with Crippen LogP contribution in [0.2, 0.25) is 0 Å². The molecule has 0 unspecified atom stereocenters. The summed E-state index contributed by atoms with van der Waals surface area (Å²) in [6, 6.07) is 15.8. The normalized spacial score (nSPS) is 11.7. The molecular formula is C27H24N8O3. The second-order valence-corrected chi connectivity index (χ2v) is 8.48. The van der Waals surface area contributed by atoms with Gasteiger partial charge in [0.25, 0.3) is 11.5 Å². The monoisotopic (exact) mass is 508 g/mol. The zero-order chi connectivity index (χ0) is 26.8. The number of primary amides is 1. The van der Waals surface area contributed by atoms with Crippen LogP contribution in [-0.2, 0) is 0 Å². The molecule has 0 saturated carbocycles. The molecule has 0 fully saturated rings. The number of nitrogens with two attached hydrogens (primary N) is 2. The average molecular weight is 509 g/mol. The van der Waals surface area contributed by atoms with Gasteiger partial charge in [-0.2, -0.15) is 4.98 Å². The number of carbonyl (C=O) groups excluding carboxylic acids is 1. The summed E-state index contributed by atoms with van der Waals surface area (Å²) in [7, 11) is 1.56. The van der Waals surface area contributed by atoms with E-state index in [2.05, 4.69) is 20.3 Å². The molecule has 0 spiro atoms. The molecule has 0 aliphatic rings. The Morgan fingerprint density at radius 3 is 2.58 bits per heavy atom. The zero-order valence-electron chi connectivity index (χ0n) is 20.6. The van der Waals surface area contributed by atoms with Crippen LogP contribution in [0.1, 0.15) is 29.1 Å². The van der Waals surface area contributed by atoms with Gasteiger partial charge in [-0.3, -0.25) is 19.1 Å². The fraction of sp³-hybridized carbons (Fsp3) is 0.111. The van der Waals surface area contributed by atoms with Crippen LogP contribution in [0, 0.1) is 0 Å². The number of rotatable bonds is 7. The van der Waals surface area contributed by atoms with E-state index in [9.17, 15) is 9.59 Å². The summed E-state index contributed by atoms with van der Waals surface area (Å²) in [6.45, 7) is 1.80. The lowest BCUT2D eigenvalue weighted by molar-refractivity contribution is 0.100.